The van der Waals surface area contributed by atoms with Gasteiger partial charge < -0.3 is 15.2 Å². The molecule has 23 heavy (non-hydrogen) atoms. The van der Waals surface area contributed by atoms with Crippen LogP contribution in [0.25, 0.3) is 0 Å². The molecule has 0 fully saturated rings. The van der Waals surface area contributed by atoms with Gasteiger partial charge in [-0.2, -0.15) is 0 Å². The van der Waals surface area contributed by atoms with Crippen LogP contribution in [0.3, 0.4) is 0 Å². The highest BCUT2D eigenvalue weighted by Crippen LogP contribution is 2.21. The number of unbranched alkanes of at least 4 members (excludes halogenated alkanes) is 1. The van der Waals surface area contributed by atoms with Gasteiger partial charge in [0, 0.05) is 11.8 Å². The molecule has 0 aromatic heterocycles. The van der Waals surface area contributed by atoms with Crippen LogP contribution in [-0.2, 0) is 0 Å². The Labute approximate surface area is 139 Å². The van der Waals surface area contributed by atoms with E-state index in [2.05, 4.69) is 26.0 Å². The highest BCUT2D eigenvalue weighted by Gasteiger charge is 2.01. The van der Waals surface area contributed by atoms with Gasteiger partial charge in [-0.15, -0.1) is 0 Å². The lowest BCUT2D eigenvalue weighted by molar-refractivity contribution is 0.265. The maximum Gasteiger partial charge on any atom is 0.124 e. The van der Waals surface area contributed by atoms with Gasteiger partial charge >= 0.3 is 0 Å². The Morgan fingerprint density at radius 2 is 1.57 bits per heavy atom. The Hall–Kier alpha value is -2.16. The number of nitrogens with two attached hydrogens (primary N) is 1. The fraction of sp³-hybridized carbons (Fsp3) is 0.400. The second kappa shape index (κ2) is 8.47. The summed E-state index contributed by atoms with van der Waals surface area (Å²) in [6.45, 7) is 7.80. The highest BCUT2D eigenvalue weighted by atomic mass is 16.5. The summed E-state index contributed by atoms with van der Waals surface area (Å²) >= 11 is 0. The number of aryl methyl sites for hydroxylation is 1. The lowest BCUT2D eigenvalue weighted by atomic mass is 10.0. The average Bonchev–Trinajstić information content (AvgIpc) is 2.54. The van der Waals surface area contributed by atoms with Crippen molar-refractivity contribution < 1.29 is 9.47 Å². The average molecular weight is 313 g/mol. The van der Waals surface area contributed by atoms with Crippen LogP contribution < -0.4 is 15.2 Å². The van der Waals surface area contributed by atoms with E-state index in [9.17, 15) is 0 Å². The first kappa shape index (κ1) is 17.2. The molecular formula is C20H27NO2. The molecule has 0 unspecified atom stereocenters. The molecule has 3 heteroatoms. The SMILES string of the molecule is Cc1ccc(N)cc1OCCCCOc1ccc(C(C)C)cc1. The number of hydrogen-bond donors (Lipinski definition) is 1. The number of benzene rings is 2. The van der Waals surface area contributed by atoms with Crippen LogP contribution in [0, 0.1) is 6.92 Å². The lowest BCUT2D eigenvalue weighted by Crippen LogP contribution is -2.03. The van der Waals surface area contributed by atoms with Crippen LogP contribution in [0.4, 0.5) is 5.69 Å². The van der Waals surface area contributed by atoms with Crippen molar-refractivity contribution in [1.82, 2.24) is 0 Å². The minimum Gasteiger partial charge on any atom is -0.494 e. The molecule has 0 aliphatic carbocycles. The van der Waals surface area contributed by atoms with Gasteiger partial charge in [-0.25, -0.2) is 0 Å². The van der Waals surface area contributed by atoms with Crippen molar-refractivity contribution in [2.45, 2.75) is 39.5 Å². The summed E-state index contributed by atoms with van der Waals surface area (Å²) in [7, 11) is 0. The molecule has 0 spiro atoms. The summed E-state index contributed by atoms with van der Waals surface area (Å²) < 4.78 is 11.5. The first-order valence-corrected chi connectivity index (χ1v) is 8.28. The molecule has 3 nitrogen and oxygen atoms in total. The Morgan fingerprint density at radius 3 is 2.22 bits per heavy atom. The molecule has 2 N–H and O–H groups in total. The van der Waals surface area contributed by atoms with Gasteiger partial charge in [0.15, 0.2) is 0 Å². The normalized spacial score (nSPS) is 10.8. The third kappa shape index (κ3) is 5.51. The zero-order chi connectivity index (χ0) is 16.7. The van der Waals surface area contributed by atoms with E-state index in [1.165, 1.54) is 5.56 Å². The predicted octanol–water partition coefficient (Wildman–Crippen LogP) is 4.94. The number of nitrogen functional groups attached to an aromatic ring is 1. The van der Waals surface area contributed by atoms with Crippen LogP contribution >= 0.6 is 0 Å². The molecule has 0 aliphatic heterocycles. The van der Waals surface area contributed by atoms with Crippen LogP contribution in [0.15, 0.2) is 42.5 Å². The Kier molecular flexibility index (Phi) is 6.33. The second-order valence-electron chi connectivity index (χ2n) is 6.15. The highest BCUT2D eigenvalue weighted by molar-refractivity contribution is 5.47. The van der Waals surface area contributed by atoms with E-state index in [4.69, 9.17) is 15.2 Å². The fourth-order valence-electron chi connectivity index (χ4n) is 2.30. The Balaban J connectivity index is 1.65. The maximum atomic E-state index is 5.78. The van der Waals surface area contributed by atoms with Crippen molar-refractivity contribution in [1.29, 1.82) is 0 Å². The number of anilines is 1. The summed E-state index contributed by atoms with van der Waals surface area (Å²) in [4.78, 5) is 0. The summed E-state index contributed by atoms with van der Waals surface area (Å²) in [5.41, 5.74) is 8.96. The number of ether oxygens (including phenoxy) is 2. The van der Waals surface area contributed by atoms with Gasteiger partial charge in [-0.3, -0.25) is 0 Å². The zero-order valence-electron chi connectivity index (χ0n) is 14.3. The standard InChI is InChI=1S/C20H27NO2/c1-15(2)17-7-10-19(11-8-17)22-12-4-5-13-23-20-14-18(21)9-6-16(20)3/h6-11,14-15H,4-5,12-13,21H2,1-3H3. The van der Waals surface area contributed by atoms with E-state index in [0.717, 1.165) is 35.6 Å². The lowest BCUT2D eigenvalue weighted by Gasteiger charge is -2.11. The molecule has 0 atom stereocenters. The van der Waals surface area contributed by atoms with E-state index >= 15 is 0 Å². The largest absolute Gasteiger partial charge is 0.494 e. The van der Waals surface area contributed by atoms with E-state index < -0.39 is 0 Å². The smallest absolute Gasteiger partial charge is 0.124 e. The van der Waals surface area contributed by atoms with Gasteiger partial charge in [0.2, 0.25) is 0 Å². The molecule has 124 valence electrons. The fourth-order valence-corrected chi connectivity index (χ4v) is 2.30. The molecule has 0 radical (unpaired) electrons. The minimum atomic E-state index is 0.552. The second-order valence-corrected chi connectivity index (χ2v) is 6.15. The minimum absolute atomic E-state index is 0.552. The maximum absolute atomic E-state index is 5.78. The molecule has 0 bridgehead atoms. The molecule has 2 aromatic rings. The first-order chi connectivity index (χ1) is 11.1. The van der Waals surface area contributed by atoms with Gasteiger partial charge in [0.05, 0.1) is 13.2 Å². The van der Waals surface area contributed by atoms with Gasteiger partial charge in [0.1, 0.15) is 11.5 Å². The Morgan fingerprint density at radius 1 is 0.913 bits per heavy atom. The quantitative estimate of drug-likeness (QED) is 0.554. The van der Waals surface area contributed by atoms with Crippen molar-refractivity contribution in [2.75, 3.05) is 18.9 Å². The number of hydrogen-bond acceptors (Lipinski definition) is 3. The van der Waals surface area contributed by atoms with Crippen molar-refractivity contribution in [3.05, 3.63) is 53.6 Å². The zero-order valence-corrected chi connectivity index (χ0v) is 14.3. The molecule has 2 aromatic carbocycles. The predicted molar refractivity (Wildman–Crippen MR) is 96.3 cm³/mol. The summed E-state index contributed by atoms with van der Waals surface area (Å²) in [5, 5.41) is 0. The van der Waals surface area contributed by atoms with Crippen LogP contribution in [0.2, 0.25) is 0 Å². The van der Waals surface area contributed by atoms with E-state index in [1.54, 1.807) is 0 Å². The molecule has 0 aliphatic rings. The third-order valence-electron chi connectivity index (χ3n) is 3.82. The summed E-state index contributed by atoms with van der Waals surface area (Å²) in [6.07, 6.45) is 1.92. The van der Waals surface area contributed by atoms with Crippen molar-refractivity contribution >= 4 is 5.69 Å². The van der Waals surface area contributed by atoms with Gasteiger partial charge in [-0.1, -0.05) is 32.0 Å². The van der Waals surface area contributed by atoms with E-state index in [1.807, 2.05) is 37.3 Å². The van der Waals surface area contributed by atoms with Crippen molar-refractivity contribution in [2.24, 2.45) is 0 Å². The molecule has 0 heterocycles. The first-order valence-electron chi connectivity index (χ1n) is 8.28. The van der Waals surface area contributed by atoms with Crippen LogP contribution in [-0.4, -0.2) is 13.2 Å². The van der Waals surface area contributed by atoms with E-state index in [0.29, 0.717) is 19.1 Å². The molecular weight excluding hydrogens is 286 g/mol. The van der Waals surface area contributed by atoms with Crippen molar-refractivity contribution in [3.8, 4) is 11.5 Å². The van der Waals surface area contributed by atoms with Gasteiger partial charge in [0.25, 0.3) is 0 Å². The number of rotatable bonds is 8. The van der Waals surface area contributed by atoms with Crippen LogP contribution in [0.5, 0.6) is 11.5 Å². The Bertz CT molecular complexity index is 606. The molecule has 2 rings (SSSR count). The van der Waals surface area contributed by atoms with Crippen molar-refractivity contribution in [3.63, 3.8) is 0 Å². The molecule has 0 amide bonds. The molecule has 0 saturated heterocycles. The summed E-state index contributed by atoms with van der Waals surface area (Å²) in [5.74, 6) is 2.36. The topological polar surface area (TPSA) is 44.5 Å². The third-order valence-corrected chi connectivity index (χ3v) is 3.82. The van der Waals surface area contributed by atoms with Crippen LogP contribution in [0.1, 0.15) is 43.7 Å². The molecule has 0 saturated carbocycles. The van der Waals surface area contributed by atoms with Gasteiger partial charge in [-0.05, 0) is 55.0 Å². The monoisotopic (exact) mass is 313 g/mol. The summed E-state index contributed by atoms with van der Waals surface area (Å²) in [6, 6.07) is 14.1. The van der Waals surface area contributed by atoms with E-state index in [-0.39, 0.29) is 0 Å².